The van der Waals surface area contributed by atoms with E-state index in [1.807, 2.05) is 6.07 Å². The van der Waals surface area contributed by atoms with Gasteiger partial charge >= 0.3 is 0 Å². The topological polar surface area (TPSA) is 51.4 Å². The fraction of sp³-hybridized carbons (Fsp3) is 0.583. The van der Waals surface area contributed by atoms with E-state index in [-0.39, 0.29) is 0 Å². The second-order valence-corrected chi connectivity index (χ2v) is 4.10. The van der Waals surface area contributed by atoms with Gasteiger partial charge in [0.05, 0.1) is 17.5 Å². The quantitative estimate of drug-likeness (QED) is 0.832. The first-order valence-electron chi connectivity index (χ1n) is 5.77. The van der Waals surface area contributed by atoms with Gasteiger partial charge in [-0.1, -0.05) is 0 Å². The average molecular weight is 221 g/mol. The Labute approximate surface area is 96.4 Å². The third-order valence-electron chi connectivity index (χ3n) is 3.18. The zero-order valence-electron chi connectivity index (χ0n) is 9.72. The molecule has 88 valence electrons. The molecular formula is C12H19N3O. The molecule has 0 unspecified atom stereocenters. The second kappa shape index (κ2) is 5.27. The summed E-state index contributed by atoms with van der Waals surface area (Å²) in [5, 5.41) is 0. The molecule has 0 aromatic carbocycles. The lowest BCUT2D eigenvalue weighted by Gasteiger charge is -2.33. The molecule has 2 heterocycles. The minimum Gasteiger partial charge on any atom is -0.381 e. The number of piperidine rings is 1. The van der Waals surface area contributed by atoms with Crippen molar-refractivity contribution in [1.82, 2.24) is 4.98 Å². The molecule has 1 saturated heterocycles. The number of ether oxygens (including phenoxy) is 1. The number of aromatic nitrogens is 1. The third kappa shape index (κ3) is 2.33. The lowest BCUT2D eigenvalue weighted by molar-refractivity contribution is 0.0819. The maximum absolute atomic E-state index is 5.70. The van der Waals surface area contributed by atoms with Crippen LogP contribution in [0.3, 0.4) is 0 Å². The van der Waals surface area contributed by atoms with Gasteiger partial charge in [-0.15, -0.1) is 0 Å². The predicted molar refractivity (Wildman–Crippen MR) is 64.4 cm³/mol. The van der Waals surface area contributed by atoms with Crippen molar-refractivity contribution in [3.8, 4) is 0 Å². The van der Waals surface area contributed by atoms with Gasteiger partial charge < -0.3 is 15.4 Å². The van der Waals surface area contributed by atoms with Crippen LogP contribution in [0.1, 0.15) is 18.5 Å². The molecule has 0 spiro atoms. The van der Waals surface area contributed by atoms with E-state index in [9.17, 15) is 0 Å². The number of rotatable bonds is 3. The third-order valence-corrected chi connectivity index (χ3v) is 3.18. The van der Waals surface area contributed by atoms with Crippen molar-refractivity contribution in [1.29, 1.82) is 0 Å². The number of hydrogen-bond acceptors (Lipinski definition) is 4. The fourth-order valence-electron chi connectivity index (χ4n) is 2.21. The van der Waals surface area contributed by atoms with Crippen molar-refractivity contribution in [3.63, 3.8) is 0 Å². The standard InChI is InChI=1S/C12H19N3O/c1-16-10-4-7-15(8-5-10)12-3-2-6-14-11(12)9-13/h2-3,6,10H,4-5,7-9,13H2,1H3. The molecule has 1 aromatic rings. The van der Waals surface area contributed by atoms with Gasteiger partial charge in [-0.3, -0.25) is 4.98 Å². The smallest absolute Gasteiger partial charge is 0.0772 e. The number of nitrogens with zero attached hydrogens (tertiary/aromatic N) is 2. The van der Waals surface area contributed by atoms with E-state index in [2.05, 4.69) is 16.0 Å². The van der Waals surface area contributed by atoms with E-state index in [4.69, 9.17) is 10.5 Å². The molecule has 4 heteroatoms. The summed E-state index contributed by atoms with van der Waals surface area (Å²) >= 11 is 0. The zero-order valence-corrected chi connectivity index (χ0v) is 9.72. The van der Waals surface area contributed by atoms with Crippen molar-refractivity contribution in [2.45, 2.75) is 25.5 Å². The summed E-state index contributed by atoms with van der Waals surface area (Å²) in [5.41, 5.74) is 7.86. The van der Waals surface area contributed by atoms with Crippen LogP contribution >= 0.6 is 0 Å². The van der Waals surface area contributed by atoms with E-state index in [1.165, 1.54) is 5.69 Å². The summed E-state index contributed by atoms with van der Waals surface area (Å²) in [6.07, 6.45) is 4.37. The Morgan fingerprint density at radius 1 is 1.50 bits per heavy atom. The van der Waals surface area contributed by atoms with Crippen LogP contribution in [0.2, 0.25) is 0 Å². The molecule has 16 heavy (non-hydrogen) atoms. The summed E-state index contributed by atoms with van der Waals surface area (Å²) in [5.74, 6) is 0. The van der Waals surface area contributed by atoms with Crippen molar-refractivity contribution < 1.29 is 4.74 Å². The monoisotopic (exact) mass is 221 g/mol. The first-order valence-corrected chi connectivity index (χ1v) is 5.77. The Morgan fingerprint density at radius 2 is 2.25 bits per heavy atom. The van der Waals surface area contributed by atoms with Crippen LogP contribution in [0, 0.1) is 0 Å². The van der Waals surface area contributed by atoms with Crippen LogP contribution in [0.4, 0.5) is 5.69 Å². The molecule has 0 saturated carbocycles. The van der Waals surface area contributed by atoms with Gasteiger partial charge in [-0.05, 0) is 25.0 Å². The van der Waals surface area contributed by atoms with Crippen LogP contribution in [0.5, 0.6) is 0 Å². The van der Waals surface area contributed by atoms with E-state index >= 15 is 0 Å². The minimum atomic E-state index is 0.411. The molecule has 1 fully saturated rings. The van der Waals surface area contributed by atoms with Crippen molar-refractivity contribution in [2.75, 3.05) is 25.1 Å². The van der Waals surface area contributed by atoms with E-state index in [0.717, 1.165) is 31.6 Å². The van der Waals surface area contributed by atoms with Gasteiger partial charge in [-0.2, -0.15) is 0 Å². The lowest BCUT2D eigenvalue weighted by atomic mass is 10.1. The molecular weight excluding hydrogens is 202 g/mol. The number of nitrogens with two attached hydrogens (primary N) is 1. The highest BCUT2D eigenvalue weighted by molar-refractivity contribution is 5.50. The molecule has 0 atom stereocenters. The summed E-state index contributed by atoms with van der Waals surface area (Å²) in [6, 6.07) is 4.07. The second-order valence-electron chi connectivity index (χ2n) is 4.10. The average Bonchev–Trinajstić information content (AvgIpc) is 2.39. The summed E-state index contributed by atoms with van der Waals surface area (Å²) in [4.78, 5) is 6.67. The Kier molecular flexibility index (Phi) is 3.74. The number of methoxy groups -OCH3 is 1. The van der Waals surface area contributed by atoms with Gasteiger partial charge in [0.2, 0.25) is 0 Å². The molecule has 1 aromatic heterocycles. The number of hydrogen-bond donors (Lipinski definition) is 1. The number of anilines is 1. The van der Waals surface area contributed by atoms with E-state index in [0.29, 0.717) is 12.6 Å². The van der Waals surface area contributed by atoms with Gasteiger partial charge in [0.15, 0.2) is 0 Å². The Morgan fingerprint density at radius 3 is 2.88 bits per heavy atom. The molecule has 1 aliphatic rings. The van der Waals surface area contributed by atoms with Crippen LogP contribution in [0.25, 0.3) is 0 Å². The maximum Gasteiger partial charge on any atom is 0.0772 e. The number of pyridine rings is 1. The summed E-state index contributed by atoms with van der Waals surface area (Å²) in [7, 11) is 1.79. The Hall–Kier alpha value is -1.13. The minimum absolute atomic E-state index is 0.411. The largest absolute Gasteiger partial charge is 0.381 e. The molecule has 0 amide bonds. The molecule has 2 N–H and O–H groups in total. The fourth-order valence-corrected chi connectivity index (χ4v) is 2.21. The Bertz CT molecular complexity index is 335. The lowest BCUT2D eigenvalue weighted by Crippen LogP contribution is -2.37. The molecule has 4 nitrogen and oxygen atoms in total. The van der Waals surface area contributed by atoms with E-state index in [1.54, 1.807) is 13.3 Å². The first-order chi connectivity index (χ1) is 7.85. The van der Waals surface area contributed by atoms with Gasteiger partial charge in [0.1, 0.15) is 0 Å². The summed E-state index contributed by atoms with van der Waals surface area (Å²) in [6.45, 7) is 2.55. The highest BCUT2D eigenvalue weighted by Gasteiger charge is 2.20. The molecule has 0 radical (unpaired) electrons. The normalized spacial score (nSPS) is 17.8. The van der Waals surface area contributed by atoms with Crippen molar-refractivity contribution >= 4 is 5.69 Å². The van der Waals surface area contributed by atoms with Crippen LogP contribution in [0.15, 0.2) is 18.3 Å². The highest BCUT2D eigenvalue weighted by Crippen LogP contribution is 2.23. The molecule has 2 rings (SSSR count). The van der Waals surface area contributed by atoms with Crippen molar-refractivity contribution in [2.24, 2.45) is 5.73 Å². The van der Waals surface area contributed by atoms with Gasteiger partial charge in [0.25, 0.3) is 0 Å². The Balaban J connectivity index is 2.07. The maximum atomic E-state index is 5.70. The van der Waals surface area contributed by atoms with E-state index < -0.39 is 0 Å². The van der Waals surface area contributed by atoms with Gasteiger partial charge in [0, 0.05) is 32.9 Å². The predicted octanol–water partition coefficient (Wildman–Crippen LogP) is 1.16. The first kappa shape index (κ1) is 11.4. The van der Waals surface area contributed by atoms with Crippen LogP contribution in [-0.4, -0.2) is 31.3 Å². The van der Waals surface area contributed by atoms with Crippen LogP contribution in [-0.2, 0) is 11.3 Å². The highest BCUT2D eigenvalue weighted by atomic mass is 16.5. The molecule has 0 bridgehead atoms. The SMILES string of the molecule is COC1CCN(c2cccnc2CN)CC1. The van der Waals surface area contributed by atoms with Crippen molar-refractivity contribution in [3.05, 3.63) is 24.0 Å². The molecule has 0 aliphatic carbocycles. The van der Waals surface area contributed by atoms with Gasteiger partial charge in [-0.25, -0.2) is 0 Å². The zero-order chi connectivity index (χ0) is 11.4. The summed E-state index contributed by atoms with van der Waals surface area (Å²) < 4.78 is 5.36. The van der Waals surface area contributed by atoms with Crippen LogP contribution < -0.4 is 10.6 Å². The molecule has 1 aliphatic heterocycles.